The molecule has 1 N–H and O–H groups in total. The van der Waals surface area contributed by atoms with Gasteiger partial charge in [-0.15, -0.1) is 4.41 Å². The van der Waals surface area contributed by atoms with E-state index in [4.69, 9.17) is 0 Å². The first-order valence-corrected chi connectivity index (χ1v) is 7.96. The predicted octanol–water partition coefficient (Wildman–Crippen LogP) is 1.79. The number of hydrogen-bond acceptors (Lipinski definition) is 3. The average molecular weight is 304 g/mol. The molecule has 0 heterocycles. The van der Waals surface area contributed by atoms with Gasteiger partial charge in [-0.25, -0.2) is 8.42 Å². The SMILES string of the molecule is CN(NC(=O)c1ccccc1)S(=O)(=O)Cc1ccccc1. The first-order valence-electron chi connectivity index (χ1n) is 6.35. The summed E-state index contributed by atoms with van der Waals surface area (Å²) in [5, 5.41) is 0. The van der Waals surface area contributed by atoms with Crippen LogP contribution < -0.4 is 5.43 Å². The summed E-state index contributed by atoms with van der Waals surface area (Å²) in [6.45, 7) is 0. The lowest BCUT2D eigenvalue weighted by molar-refractivity contribution is 0.0893. The Kier molecular flexibility index (Phi) is 4.72. The smallest absolute Gasteiger partial charge is 0.266 e. The summed E-state index contributed by atoms with van der Waals surface area (Å²) in [6.07, 6.45) is 0. The van der Waals surface area contributed by atoms with Crippen LogP contribution in [-0.4, -0.2) is 25.8 Å². The summed E-state index contributed by atoms with van der Waals surface area (Å²) in [6, 6.07) is 17.3. The van der Waals surface area contributed by atoms with E-state index in [2.05, 4.69) is 5.43 Å². The Morgan fingerprint density at radius 1 is 1.00 bits per heavy atom. The van der Waals surface area contributed by atoms with Crippen molar-refractivity contribution in [3.63, 3.8) is 0 Å². The van der Waals surface area contributed by atoms with Crippen molar-refractivity contribution < 1.29 is 13.2 Å². The molecule has 110 valence electrons. The zero-order chi connectivity index (χ0) is 15.3. The number of carbonyl (C=O) groups is 1. The number of carbonyl (C=O) groups excluding carboxylic acids is 1. The molecule has 0 aliphatic heterocycles. The van der Waals surface area contributed by atoms with Gasteiger partial charge in [-0.3, -0.25) is 10.2 Å². The fourth-order valence-electron chi connectivity index (χ4n) is 1.75. The standard InChI is InChI=1S/C15H16N2O3S/c1-17(16-15(18)14-10-6-3-7-11-14)21(19,20)12-13-8-4-2-5-9-13/h2-11H,12H2,1H3,(H,16,18). The molecule has 0 saturated carbocycles. The molecule has 1 amide bonds. The van der Waals surface area contributed by atoms with Crippen molar-refractivity contribution in [1.29, 1.82) is 0 Å². The van der Waals surface area contributed by atoms with Crippen LogP contribution >= 0.6 is 0 Å². The maximum Gasteiger partial charge on any atom is 0.266 e. The summed E-state index contributed by atoms with van der Waals surface area (Å²) >= 11 is 0. The van der Waals surface area contributed by atoms with E-state index in [1.54, 1.807) is 54.6 Å². The lowest BCUT2D eigenvalue weighted by atomic mass is 10.2. The van der Waals surface area contributed by atoms with Crippen molar-refractivity contribution in [2.24, 2.45) is 0 Å². The van der Waals surface area contributed by atoms with Crippen molar-refractivity contribution in [1.82, 2.24) is 9.84 Å². The third-order valence-electron chi connectivity index (χ3n) is 2.90. The fourth-order valence-corrected chi connectivity index (χ4v) is 2.78. The van der Waals surface area contributed by atoms with Crippen LogP contribution in [0.3, 0.4) is 0 Å². The number of sulfonamides is 1. The van der Waals surface area contributed by atoms with Crippen LogP contribution in [0.25, 0.3) is 0 Å². The molecule has 0 fully saturated rings. The molecule has 0 bridgehead atoms. The molecule has 0 spiro atoms. The van der Waals surface area contributed by atoms with Crippen molar-refractivity contribution >= 4 is 15.9 Å². The largest absolute Gasteiger partial charge is 0.271 e. The number of hydrogen-bond donors (Lipinski definition) is 1. The second kappa shape index (κ2) is 6.51. The number of amides is 1. The van der Waals surface area contributed by atoms with Gasteiger partial charge in [0.15, 0.2) is 0 Å². The fraction of sp³-hybridized carbons (Fsp3) is 0.133. The minimum Gasteiger partial charge on any atom is -0.271 e. The van der Waals surface area contributed by atoms with Crippen molar-refractivity contribution in [2.75, 3.05) is 7.05 Å². The van der Waals surface area contributed by atoms with E-state index in [1.807, 2.05) is 6.07 Å². The van der Waals surface area contributed by atoms with Crippen molar-refractivity contribution in [2.45, 2.75) is 5.75 Å². The molecule has 0 unspecified atom stereocenters. The highest BCUT2D eigenvalue weighted by atomic mass is 32.2. The first-order chi connectivity index (χ1) is 9.99. The summed E-state index contributed by atoms with van der Waals surface area (Å²) in [7, 11) is -2.30. The van der Waals surface area contributed by atoms with Gasteiger partial charge in [0.25, 0.3) is 5.91 Å². The highest BCUT2D eigenvalue weighted by Gasteiger charge is 2.20. The molecule has 0 radical (unpaired) electrons. The second-order valence-electron chi connectivity index (χ2n) is 4.52. The van der Waals surface area contributed by atoms with Crippen LogP contribution in [0.5, 0.6) is 0 Å². The molecule has 0 saturated heterocycles. The Labute approximate surface area is 124 Å². The second-order valence-corrected chi connectivity index (χ2v) is 6.52. The molecule has 2 rings (SSSR count). The maximum absolute atomic E-state index is 12.2. The van der Waals surface area contributed by atoms with E-state index in [0.717, 1.165) is 4.41 Å². The summed E-state index contributed by atoms with van der Waals surface area (Å²) in [5.41, 5.74) is 3.43. The van der Waals surface area contributed by atoms with E-state index < -0.39 is 15.9 Å². The number of hydrazine groups is 1. The van der Waals surface area contributed by atoms with E-state index in [0.29, 0.717) is 11.1 Å². The Balaban J connectivity index is 2.05. The van der Waals surface area contributed by atoms with Crippen LogP contribution in [-0.2, 0) is 15.8 Å². The van der Waals surface area contributed by atoms with Gasteiger partial charge >= 0.3 is 0 Å². The minimum absolute atomic E-state index is 0.167. The molecule has 5 nitrogen and oxygen atoms in total. The molecule has 21 heavy (non-hydrogen) atoms. The molecule has 0 aliphatic carbocycles. The predicted molar refractivity (Wildman–Crippen MR) is 80.7 cm³/mol. The topological polar surface area (TPSA) is 66.5 Å². The van der Waals surface area contributed by atoms with Crippen LogP contribution in [0.2, 0.25) is 0 Å². The summed E-state index contributed by atoms with van der Waals surface area (Å²) in [5.74, 6) is -0.630. The minimum atomic E-state index is -3.62. The van der Waals surface area contributed by atoms with Gasteiger partial charge in [0.2, 0.25) is 10.0 Å². The normalized spacial score (nSPS) is 11.3. The van der Waals surface area contributed by atoms with E-state index in [9.17, 15) is 13.2 Å². The Morgan fingerprint density at radius 3 is 2.10 bits per heavy atom. The van der Waals surface area contributed by atoms with Crippen LogP contribution in [0, 0.1) is 0 Å². The third-order valence-corrected chi connectivity index (χ3v) is 4.53. The van der Waals surface area contributed by atoms with Gasteiger partial charge in [0, 0.05) is 12.6 Å². The van der Waals surface area contributed by atoms with Crippen LogP contribution in [0.4, 0.5) is 0 Å². The molecule has 2 aromatic carbocycles. The highest BCUT2D eigenvalue weighted by molar-refractivity contribution is 7.88. The first kappa shape index (κ1) is 15.2. The number of benzene rings is 2. The van der Waals surface area contributed by atoms with Gasteiger partial charge in [0.05, 0.1) is 5.75 Å². The number of nitrogens with one attached hydrogen (secondary N) is 1. The van der Waals surface area contributed by atoms with Crippen LogP contribution in [0.15, 0.2) is 60.7 Å². The van der Waals surface area contributed by atoms with Gasteiger partial charge in [-0.1, -0.05) is 48.5 Å². The van der Waals surface area contributed by atoms with E-state index >= 15 is 0 Å². The van der Waals surface area contributed by atoms with Crippen LogP contribution in [0.1, 0.15) is 15.9 Å². The summed E-state index contributed by atoms with van der Waals surface area (Å²) in [4.78, 5) is 11.9. The van der Waals surface area contributed by atoms with Crippen molar-refractivity contribution in [3.05, 3.63) is 71.8 Å². The zero-order valence-corrected chi connectivity index (χ0v) is 12.4. The van der Waals surface area contributed by atoms with Gasteiger partial charge < -0.3 is 0 Å². The molecule has 0 aliphatic rings. The molecule has 0 aromatic heterocycles. The Morgan fingerprint density at radius 2 is 1.52 bits per heavy atom. The van der Waals surface area contributed by atoms with E-state index in [-0.39, 0.29) is 5.75 Å². The average Bonchev–Trinajstić information content (AvgIpc) is 2.48. The highest BCUT2D eigenvalue weighted by Crippen LogP contribution is 2.08. The monoisotopic (exact) mass is 304 g/mol. The summed E-state index contributed by atoms with van der Waals surface area (Å²) < 4.78 is 25.2. The van der Waals surface area contributed by atoms with E-state index in [1.165, 1.54) is 7.05 Å². The zero-order valence-electron chi connectivity index (χ0n) is 11.6. The molecule has 6 heteroatoms. The lowest BCUT2D eigenvalue weighted by Gasteiger charge is -2.18. The maximum atomic E-state index is 12.2. The Hall–Kier alpha value is -2.18. The molecule has 0 atom stereocenters. The van der Waals surface area contributed by atoms with Crippen molar-refractivity contribution in [3.8, 4) is 0 Å². The lowest BCUT2D eigenvalue weighted by Crippen LogP contribution is -2.43. The molecule has 2 aromatic rings. The number of rotatable bonds is 5. The molecular weight excluding hydrogens is 288 g/mol. The quantitative estimate of drug-likeness (QED) is 0.857. The van der Waals surface area contributed by atoms with Gasteiger partial charge in [0.1, 0.15) is 0 Å². The van der Waals surface area contributed by atoms with Gasteiger partial charge in [-0.05, 0) is 17.7 Å². The molecular formula is C15H16N2O3S. The third kappa shape index (κ3) is 4.14. The number of nitrogens with zero attached hydrogens (tertiary/aromatic N) is 1. The Bertz CT molecular complexity index is 700. The van der Waals surface area contributed by atoms with Gasteiger partial charge in [-0.2, -0.15) is 0 Å².